The summed E-state index contributed by atoms with van der Waals surface area (Å²) in [5.41, 5.74) is 2.60. The minimum atomic E-state index is -0.828. The van der Waals surface area contributed by atoms with Gasteiger partial charge in [-0.15, -0.1) is 11.8 Å². The molecule has 1 heterocycles. The molecular formula is C35H42BrN3O4S. The summed E-state index contributed by atoms with van der Waals surface area (Å²) in [4.78, 5) is 19.8. The van der Waals surface area contributed by atoms with Gasteiger partial charge >= 0.3 is 5.97 Å². The van der Waals surface area contributed by atoms with Gasteiger partial charge in [0.1, 0.15) is 17.2 Å². The Morgan fingerprint density at radius 3 is 2.36 bits per heavy atom. The number of cyclic esters (lactones) is 1. The fourth-order valence-corrected chi connectivity index (χ4v) is 9.60. The van der Waals surface area contributed by atoms with E-state index in [9.17, 15) is 10.2 Å². The second kappa shape index (κ2) is 12.9. The number of hydrogen-bond donors (Lipinski definition) is 2. The first-order valence-corrected chi connectivity index (χ1v) is 17.8. The lowest BCUT2D eigenvalue weighted by molar-refractivity contribution is -0.153. The number of carbonyl (C=O) groups is 1. The molecule has 9 heteroatoms. The molecule has 0 unspecified atom stereocenters. The number of carbonyl (C=O) groups excluding carboxylic acids is 1. The molecule has 0 saturated heterocycles. The van der Waals surface area contributed by atoms with E-state index in [4.69, 9.17) is 19.2 Å². The van der Waals surface area contributed by atoms with E-state index < -0.39 is 5.54 Å². The Hall–Kier alpha value is -2.78. The number of methoxy groups -OCH3 is 2. The number of halogens is 1. The first-order chi connectivity index (χ1) is 21.3. The third-order valence-electron chi connectivity index (χ3n) is 9.86. The normalized spacial score (nSPS) is 27.1. The fraction of sp³-hybridized carbons (Fsp3) is 0.514. The van der Waals surface area contributed by atoms with Gasteiger partial charge in [0.2, 0.25) is 5.90 Å². The minimum Gasteiger partial charge on any atom is -0.496 e. The zero-order chi connectivity index (χ0) is 31.0. The van der Waals surface area contributed by atoms with Crippen molar-refractivity contribution in [1.82, 2.24) is 0 Å². The molecule has 7 nitrogen and oxygen atoms in total. The van der Waals surface area contributed by atoms with Crippen LogP contribution in [0.3, 0.4) is 0 Å². The molecule has 234 valence electrons. The third kappa shape index (κ3) is 5.70. The van der Waals surface area contributed by atoms with Gasteiger partial charge in [-0.05, 0) is 116 Å². The van der Waals surface area contributed by atoms with Crippen molar-refractivity contribution >= 4 is 56.7 Å². The minimum absolute atomic E-state index is 0.0486. The summed E-state index contributed by atoms with van der Waals surface area (Å²) in [7, 11) is 3.25. The van der Waals surface area contributed by atoms with Crippen LogP contribution in [0, 0.1) is 29.1 Å². The van der Waals surface area contributed by atoms with E-state index in [0.29, 0.717) is 34.6 Å². The lowest BCUT2D eigenvalue weighted by Gasteiger charge is -2.56. The molecule has 4 fully saturated rings. The molecule has 4 saturated carbocycles. The Morgan fingerprint density at radius 2 is 1.77 bits per heavy atom. The zero-order valence-electron chi connectivity index (χ0n) is 26.0. The molecule has 4 aliphatic carbocycles. The number of thioether (sulfide) groups is 1. The topological polar surface area (TPSA) is 93.0 Å². The molecular weight excluding hydrogens is 638 g/mol. The molecule has 1 spiro atoms. The standard InChI is InChI=1S/C35H42BrN3O4S/c1-20(2)26-18-25(44-12-6-11-36)9-10-28(26)38-29(32-30(41-3)7-5-8-31(32)42-4)19-27(37)33-39-35(34(40)43-33)23-14-21-13-22(16-23)17-24(35)15-21/h5,7-10,18-24,37-38H,6,11-17H2,1-4H3/b29-19-,37-27?. The average molecular weight is 681 g/mol. The van der Waals surface area contributed by atoms with Crippen LogP contribution < -0.4 is 14.8 Å². The van der Waals surface area contributed by atoms with E-state index in [2.05, 4.69) is 53.3 Å². The highest BCUT2D eigenvalue weighted by Crippen LogP contribution is 2.61. The highest BCUT2D eigenvalue weighted by atomic mass is 79.9. The Bertz CT molecular complexity index is 1450. The Balaban J connectivity index is 1.38. The highest BCUT2D eigenvalue weighted by molar-refractivity contribution is 9.09. The number of anilines is 1. The van der Waals surface area contributed by atoms with E-state index >= 15 is 0 Å². The van der Waals surface area contributed by atoms with Crippen molar-refractivity contribution in [3.63, 3.8) is 0 Å². The van der Waals surface area contributed by atoms with Crippen molar-refractivity contribution in [2.45, 2.75) is 68.7 Å². The Labute approximate surface area is 273 Å². The summed E-state index contributed by atoms with van der Waals surface area (Å²) in [6.45, 7) is 4.36. The molecule has 7 rings (SSSR count). The van der Waals surface area contributed by atoms with Crippen LogP contribution in [-0.2, 0) is 9.53 Å². The van der Waals surface area contributed by atoms with Crippen molar-refractivity contribution in [3.05, 3.63) is 53.6 Å². The number of benzene rings is 2. The van der Waals surface area contributed by atoms with Crippen LogP contribution in [0.2, 0.25) is 0 Å². The number of nitrogens with one attached hydrogen (secondary N) is 2. The Kier molecular flexibility index (Phi) is 9.16. The van der Waals surface area contributed by atoms with Gasteiger partial charge in [0.25, 0.3) is 0 Å². The number of hydrogen-bond acceptors (Lipinski definition) is 8. The van der Waals surface area contributed by atoms with Gasteiger partial charge in [-0.25, -0.2) is 9.79 Å². The number of rotatable bonds is 12. The maximum Gasteiger partial charge on any atom is 0.341 e. The van der Waals surface area contributed by atoms with Crippen LogP contribution in [0.1, 0.15) is 69.4 Å². The van der Waals surface area contributed by atoms with Crippen molar-refractivity contribution in [3.8, 4) is 11.5 Å². The van der Waals surface area contributed by atoms with Crippen molar-refractivity contribution < 1.29 is 19.0 Å². The lowest BCUT2D eigenvalue weighted by Crippen LogP contribution is -2.59. The van der Waals surface area contributed by atoms with Crippen LogP contribution in [-0.4, -0.2) is 48.4 Å². The SMILES string of the molecule is COc1cccc(OC)c1/C(=C/C(=N)C1=NC2(C(=O)O1)C1CC3CC(C1)CC2C3)Nc1ccc(SCCCBr)cc1C(C)C. The van der Waals surface area contributed by atoms with E-state index in [-0.39, 0.29) is 35.3 Å². The van der Waals surface area contributed by atoms with Crippen LogP contribution in [0.5, 0.6) is 11.5 Å². The second-order valence-corrected chi connectivity index (χ2v) is 14.8. The molecule has 5 aliphatic rings. The quantitative estimate of drug-likeness (QED) is 0.0770. The highest BCUT2D eigenvalue weighted by Gasteiger charge is 2.64. The number of esters is 1. The first kappa shape index (κ1) is 31.2. The molecule has 2 aromatic rings. The predicted molar refractivity (Wildman–Crippen MR) is 182 cm³/mol. The molecule has 0 amide bonds. The van der Waals surface area contributed by atoms with E-state index in [1.807, 2.05) is 30.0 Å². The molecule has 0 aromatic heterocycles. The number of aliphatic imine (C=N–C) groups is 1. The van der Waals surface area contributed by atoms with Crippen LogP contribution >= 0.6 is 27.7 Å². The second-order valence-electron chi connectivity index (χ2n) is 12.9. The third-order valence-corrected chi connectivity index (χ3v) is 11.5. The largest absolute Gasteiger partial charge is 0.496 e. The van der Waals surface area contributed by atoms with Gasteiger partial charge in [-0.1, -0.05) is 35.8 Å². The van der Waals surface area contributed by atoms with Gasteiger partial charge in [-0.3, -0.25) is 5.41 Å². The molecule has 2 aromatic carbocycles. The summed E-state index contributed by atoms with van der Waals surface area (Å²) < 4.78 is 17.4. The van der Waals surface area contributed by atoms with Crippen LogP contribution in [0.4, 0.5) is 5.69 Å². The average Bonchev–Trinajstić information content (AvgIpc) is 3.36. The van der Waals surface area contributed by atoms with E-state index in [0.717, 1.165) is 54.4 Å². The molecule has 1 aliphatic heterocycles. The Morgan fingerprint density at radius 1 is 1.11 bits per heavy atom. The summed E-state index contributed by atoms with van der Waals surface area (Å²) in [6.07, 6.45) is 8.24. The zero-order valence-corrected chi connectivity index (χ0v) is 28.4. The van der Waals surface area contributed by atoms with Gasteiger partial charge in [0, 0.05) is 15.9 Å². The van der Waals surface area contributed by atoms with Gasteiger partial charge in [0.05, 0.1) is 25.5 Å². The van der Waals surface area contributed by atoms with E-state index in [1.54, 1.807) is 20.3 Å². The van der Waals surface area contributed by atoms with Crippen molar-refractivity contribution in [2.75, 3.05) is 30.6 Å². The van der Waals surface area contributed by atoms with E-state index in [1.165, 1.54) is 11.3 Å². The monoisotopic (exact) mass is 679 g/mol. The molecule has 4 bridgehead atoms. The molecule has 0 radical (unpaired) electrons. The van der Waals surface area contributed by atoms with Gasteiger partial charge < -0.3 is 19.5 Å². The summed E-state index contributed by atoms with van der Waals surface area (Å²) in [5, 5.41) is 13.8. The van der Waals surface area contributed by atoms with Crippen molar-refractivity contribution in [1.29, 1.82) is 5.41 Å². The lowest BCUT2D eigenvalue weighted by atomic mass is 9.49. The number of ether oxygens (including phenoxy) is 3. The fourth-order valence-electron chi connectivity index (χ4n) is 8.05. The van der Waals surface area contributed by atoms with Gasteiger partial charge in [0.15, 0.2) is 5.54 Å². The molecule has 0 atom stereocenters. The van der Waals surface area contributed by atoms with Crippen molar-refractivity contribution in [2.24, 2.45) is 28.7 Å². The molecule has 2 N–H and O–H groups in total. The number of nitrogens with zero attached hydrogens (tertiary/aromatic N) is 1. The maximum absolute atomic E-state index is 13.6. The predicted octanol–water partition coefficient (Wildman–Crippen LogP) is 8.33. The van der Waals surface area contributed by atoms with Crippen LogP contribution in [0.15, 0.2) is 52.4 Å². The summed E-state index contributed by atoms with van der Waals surface area (Å²) in [5.74, 6) is 4.18. The number of alkyl halides is 1. The van der Waals surface area contributed by atoms with Gasteiger partial charge in [-0.2, -0.15) is 0 Å². The van der Waals surface area contributed by atoms with Crippen LogP contribution in [0.25, 0.3) is 5.70 Å². The molecule has 44 heavy (non-hydrogen) atoms. The summed E-state index contributed by atoms with van der Waals surface area (Å²) >= 11 is 5.38. The smallest absolute Gasteiger partial charge is 0.341 e. The maximum atomic E-state index is 13.6. The first-order valence-electron chi connectivity index (χ1n) is 15.7. The summed E-state index contributed by atoms with van der Waals surface area (Å²) in [6, 6.07) is 12.1.